The van der Waals surface area contributed by atoms with Gasteiger partial charge in [-0.25, -0.2) is 0 Å². The number of allylic oxidation sites excluding steroid dienone is 1. The zero-order valence-corrected chi connectivity index (χ0v) is 9.36. The zero-order chi connectivity index (χ0) is 11.2. The van der Waals surface area contributed by atoms with Gasteiger partial charge in [0.25, 0.3) is 0 Å². The molecule has 0 heterocycles. The van der Waals surface area contributed by atoms with Crippen LogP contribution in [-0.4, -0.2) is 25.3 Å². The zero-order valence-electron chi connectivity index (χ0n) is 8.47. The van der Waals surface area contributed by atoms with E-state index >= 15 is 0 Å². The summed E-state index contributed by atoms with van der Waals surface area (Å²) in [7, 11) is -0.595. The van der Waals surface area contributed by atoms with Gasteiger partial charge in [0.05, 0.1) is 5.92 Å². The summed E-state index contributed by atoms with van der Waals surface area (Å²) in [4.78, 5) is 10.4. The van der Waals surface area contributed by atoms with Gasteiger partial charge < -0.3 is 14.2 Å². The molecule has 1 unspecified atom stereocenters. The minimum atomic E-state index is -3.14. The third-order valence-corrected chi connectivity index (χ3v) is 3.30. The Morgan fingerprint density at radius 1 is 1.50 bits per heavy atom. The second kappa shape index (κ2) is 5.96. The summed E-state index contributed by atoms with van der Waals surface area (Å²) in [5, 5.41) is 8.56. The van der Waals surface area contributed by atoms with Crippen LogP contribution < -0.4 is 0 Å². The van der Waals surface area contributed by atoms with Crippen molar-refractivity contribution in [2.45, 2.75) is 13.3 Å². The van der Waals surface area contributed by atoms with E-state index < -0.39 is 19.5 Å². The highest BCUT2D eigenvalue weighted by Crippen LogP contribution is 2.47. The maximum Gasteiger partial charge on any atom is 0.353 e. The Morgan fingerprint density at radius 2 is 2.00 bits per heavy atom. The summed E-state index contributed by atoms with van der Waals surface area (Å²) in [6.45, 7) is 1.57. The average Bonchev–Trinajstić information content (AvgIpc) is 2.17. The topological polar surface area (TPSA) is 72.8 Å². The fraction of sp³-hybridized carbons (Fsp3) is 0.625. The summed E-state index contributed by atoms with van der Waals surface area (Å²) >= 11 is 0. The van der Waals surface area contributed by atoms with E-state index in [1.165, 1.54) is 26.1 Å². The number of carboxylic acids is 1. The number of aliphatic carboxylic acids is 1. The van der Waals surface area contributed by atoms with E-state index in [0.29, 0.717) is 6.42 Å². The van der Waals surface area contributed by atoms with Gasteiger partial charge in [0, 0.05) is 20.0 Å². The normalized spacial score (nSPS) is 14.5. The Bertz CT molecular complexity index is 252. The average molecular weight is 222 g/mol. The molecule has 0 spiro atoms. The van der Waals surface area contributed by atoms with Crippen molar-refractivity contribution in [3.63, 3.8) is 0 Å². The van der Waals surface area contributed by atoms with Crippen LogP contribution in [-0.2, 0) is 18.4 Å². The quantitative estimate of drug-likeness (QED) is 0.696. The van der Waals surface area contributed by atoms with Crippen LogP contribution in [0.5, 0.6) is 0 Å². The molecule has 0 aliphatic rings. The number of hydrogen-bond donors (Lipinski definition) is 1. The van der Waals surface area contributed by atoms with Crippen molar-refractivity contribution in [1.29, 1.82) is 0 Å². The molecular formula is C8H15O5P. The van der Waals surface area contributed by atoms with Gasteiger partial charge in [-0.1, -0.05) is 13.0 Å². The lowest BCUT2D eigenvalue weighted by Crippen LogP contribution is -2.07. The van der Waals surface area contributed by atoms with Crippen LogP contribution in [0.2, 0.25) is 0 Å². The molecule has 0 aliphatic heterocycles. The largest absolute Gasteiger partial charge is 0.481 e. The van der Waals surface area contributed by atoms with E-state index in [0.717, 1.165) is 0 Å². The first-order valence-corrected chi connectivity index (χ1v) is 5.68. The number of rotatable bonds is 6. The van der Waals surface area contributed by atoms with E-state index in [2.05, 4.69) is 9.05 Å². The molecule has 0 fully saturated rings. The summed E-state index contributed by atoms with van der Waals surface area (Å²) in [5.41, 5.74) is 0. The molecule has 1 N–H and O–H groups in total. The first kappa shape index (κ1) is 13.4. The van der Waals surface area contributed by atoms with Crippen LogP contribution >= 0.6 is 7.60 Å². The molecule has 14 heavy (non-hydrogen) atoms. The van der Waals surface area contributed by atoms with Crippen molar-refractivity contribution in [3.05, 3.63) is 11.9 Å². The molecule has 0 aromatic carbocycles. The molecule has 0 saturated heterocycles. The second-order valence-electron chi connectivity index (χ2n) is 2.76. The third-order valence-electron chi connectivity index (χ3n) is 1.71. The van der Waals surface area contributed by atoms with Crippen molar-refractivity contribution in [1.82, 2.24) is 0 Å². The van der Waals surface area contributed by atoms with Crippen LogP contribution in [0.1, 0.15) is 13.3 Å². The molecule has 82 valence electrons. The summed E-state index contributed by atoms with van der Waals surface area (Å²) in [6, 6.07) is 0. The molecule has 0 aromatic rings. The molecule has 0 saturated carbocycles. The Morgan fingerprint density at radius 3 is 2.36 bits per heavy atom. The predicted molar refractivity (Wildman–Crippen MR) is 52.2 cm³/mol. The molecule has 1 atom stereocenters. The fourth-order valence-corrected chi connectivity index (χ4v) is 1.46. The highest BCUT2D eigenvalue weighted by molar-refractivity contribution is 7.57. The molecular weight excluding hydrogens is 207 g/mol. The molecule has 0 radical (unpaired) electrons. The van der Waals surface area contributed by atoms with E-state index in [-0.39, 0.29) is 0 Å². The third kappa shape index (κ3) is 4.56. The standard InChI is InChI=1S/C8H15O5P/c1-7(8(9)10)5-4-6-14(11,12-2)13-3/h4,6-7H,5H2,1-3H3,(H,9,10). The smallest absolute Gasteiger partial charge is 0.353 e. The van der Waals surface area contributed by atoms with Crippen LogP contribution in [0.15, 0.2) is 11.9 Å². The summed E-state index contributed by atoms with van der Waals surface area (Å²) < 4.78 is 20.7. The molecule has 0 rings (SSSR count). The van der Waals surface area contributed by atoms with Crippen LogP contribution in [0.25, 0.3) is 0 Å². The monoisotopic (exact) mass is 222 g/mol. The Kier molecular flexibility index (Phi) is 5.69. The van der Waals surface area contributed by atoms with Crippen molar-refractivity contribution in [3.8, 4) is 0 Å². The van der Waals surface area contributed by atoms with Gasteiger partial charge in [-0.15, -0.1) is 0 Å². The maximum atomic E-state index is 11.4. The highest BCUT2D eigenvalue weighted by Gasteiger charge is 2.16. The molecule has 6 heteroatoms. The van der Waals surface area contributed by atoms with E-state index in [4.69, 9.17) is 5.11 Å². The lowest BCUT2D eigenvalue weighted by molar-refractivity contribution is -0.140. The number of hydrogen-bond acceptors (Lipinski definition) is 4. The Hall–Kier alpha value is -0.640. The van der Waals surface area contributed by atoms with Gasteiger partial charge in [0.1, 0.15) is 0 Å². The maximum absolute atomic E-state index is 11.4. The number of carbonyl (C=O) groups is 1. The predicted octanol–water partition coefficient (Wildman–Crippen LogP) is 2.10. The Balaban J connectivity index is 4.18. The van der Waals surface area contributed by atoms with Gasteiger partial charge in [-0.2, -0.15) is 0 Å². The minimum Gasteiger partial charge on any atom is -0.481 e. The first-order valence-electron chi connectivity index (χ1n) is 4.07. The van der Waals surface area contributed by atoms with Gasteiger partial charge in [-0.05, 0) is 6.42 Å². The van der Waals surface area contributed by atoms with Gasteiger partial charge in [0.2, 0.25) is 0 Å². The molecule has 0 bridgehead atoms. The van der Waals surface area contributed by atoms with E-state index in [9.17, 15) is 9.36 Å². The van der Waals surface area contributed by atoms with Gasteiger partial charge >= 0.3 is 13.6 Å². The molecule has 0 aromatic heterocycles. The van der Waals surface area contributed by atoms with E-state index in [1.807, 2.05) is 0 Å². The lowest BCUT2D eigenvalue weighted by Gasteiger charge is -2.08. The van der Waals surface area contributed by atoms with Crippen molar-refractivity contribution < 1.29 is 23.5 Å². The molecule has 5 nitrogen and oxygen atoms in total. The molecule has 0 amide bonds. The van der Waals surface area contributed by atoms with Gasteiger partial charge in [-0.3, -0.25) is 9.36 Å². The van der Waals surface area contributed by atoms with Gasteiger partial charge in [0.15, 0.2) is 0 Å². The van der Waals surface area contributed by atoms with Crippen molar-refractivity contribution >= 4 is 13.6 Å². The molecule has 0 aliphatic carbocycles. The lowest BCUT2D eigenvalue weighted by atomic mass is 10.1. The minimum absolute atomic E-state index is 0.298. The Labute approximate surface area is 83.3 Å². The first-order chi connectivity index (χ1) is 6.45. The van der Waals surface area contributed by atoms with Crippen LogP contribution in [0.4, 0.5) is 0 Å². The van der Waals surface area contributed by atoms with Crippen molar-refractivity contribution in [2.75, 3.05) is 14.2 Å². The van der Waals surface area contributed by atoms with E-state index in [1.54, 1.807) is 6.92 Å². The second-order valence-corrected chi connectivity index (χ2v) is 4.87. The highest BCUT2D eigenvalue weighted by atomic mass is 31.2. The SMILES string of the molecule is COP(=O)(C=CCC(C)C(=O)O)OC. The van der Waals surface area contributed by atoms with Crippen LogP contribution in [0.3, 0.4) is 0 Å². The number of carboxylic acid groups (broad SMARTS) is 1. The van der Waals surface area contributed by atoms with Crippen molar-refractivity contribution in [2.24, 2.45) is 5.92 Å². The fourth-order valence-electron chi connectivity index (χ4n) is 0.691. The summed E-state index contributed by atoms with van der Waals surface area (Å²) in [5.74, 6) is -0.125. The summed E-state index contributed by atoms with van der Waals surface area (Å²) in [6.07, 6.45) is 1.79. The van der Waals surface area contributed by atoms with Crippen LogP contribution in [0, 0.1) is 5.92 Å².